The van der Waals surface area contributed by atoms with Crippen molar-refractivity contribution < 1.29 is 19.2 Å². The average Bonchev–Trinajstić information content (AvgIpc) is 2.73. The fourth-order valence-electron chi connectivity index (χ4n) is 2.49. The standard InChI is InChI=1S/C22H15NO5/c24-21(14-9-16-5-4-8-19(15-16)23(26)27)28-20-12-10-18(11-13-20)22(25)17-6-2-1-3-7-17/h1-15H/b14-9+. The van der Waals surface area contributed by atoms with E-state index in [9.17, 15) is 19.7 Å². The first-order valence-electron chi connectivity index (χ1n) is 8.37. The van der Waals surface area contributed by atoms with Crippen molar-refractivity contribution >= 4 is 23.5 Å². The van der Waals surface area contributed by atoms with Crippen molar-refractivity contribution in [2.24, 2.45) is 0 Å². The van der Waals surface area contributed by atoms with Gasteiger partial charge in [-0.1, -0.05) is 42.5 Å². The maximum atomic E-state index is 12.3. The molecule has 3 rings (SSSR count). The van der Waals surface area contributed by atoms with Crippen LogP contribution >= 0.6 is 0 Å². The summed E-state index contributed by atoms with van der Waals surface area (Å²) < 4.78 is 5.18. The van der Waals surface area contributed by atoms with Crippen molar-refractivity contribution in [3.8, 4) is 5.75 Å². The largest absolute Gasteiger partial charge is 0.423 e. The molecule has 0 N–H and O–H groups in total. The number of nitro benzene ring substituents is 1. The lowest BCUT2D eigenvalue weighted by molar-refractivity contribution is -0.384. The van der Waals surface area contributed by atoms with Gasteiger partial charge in [-0.05, 0) is 35.9 Å². The molecule has 0 radical (unpaired) electrons. The Morgan fingerprint density at radius 2 is 1.54 bits per heavy atom. The van der Waals surface area contributed by atoms with Gasteiger partial charge in [0.1, 0.15) is 5.75 Å². The van der Waals surface area contributed by atoms with Crippen LogP contribution in [0.3, 0.4) is 0 Å². The molecule has 0 unspecified atom stereocenters. The van der Waals surface area contributed by atoms with E-state index < -0.39 is 10.9 Å². The Morgan fingerprint density at radius 1 is 0.857 bits per heavy atom. The van der Waals surface area contributed by atoms with Gasteiger partial charge in [-0.2, -0.15) is 0 Å². The molecule has 3 aromatic carbocycles. The van der Waals surface area contributed by atoms with Crippen LogP contribution in [0.2, 0.25) is 0 Å². The zero-order valence-corrected chi connectivity index (χ0v) is 14.6. The fourth-order valence-corrected chi connectivity index (χ4v) is 2.49. The van der Waals surface area contributed by atoms with E-state index >= 15 is 0 Å². The van der Waals surface area contributed by atoms with Gasteiger partial charge in [0, 0.05) is 29.3 Å². The van der Waals surface area contributed by atoms with Gasteiger partial charge in [-0.15, -0.1) is 0 Å². The maximum absolute atomic E-state index is 12.3. The summed E-state index contributed by atoms with van der Waals surface area (Å²) in [5.41, 5.74) is 1.51. The number of non-ortho nitro benzene ring substituents is 1. The molecular formula is C22H15NO5. The molecule has 28 heavy (non-hydrogen) atoms. The second kappa shape index (κ2) is 8.55. The van der Waals surface area contributed by atoms with E-state index in [1.807, 2.05) is 6.07 Å². The topological polar surface area (TPSA) is 86.5 Å². The summed E-state index contributed by atoms with van der Waals surface area (Å²) in [4.78, 5) is 34.5. The van der Waals surface area contributed by atoms with Crippen molar-refractivity contribution in [3.63, 3.8) is 0 Å². The number of ketones is 1. The minimum Gasteiger partial charge on any atom is -0.423 e. The van der Waals surface area contributed by atoms with Crippen molar-refractivity contribution in [1.82, 2.24) is 0 Å². The Balaban J connectivity index is 1.64. The van der Waals surface area contributed by atoms with Crippen molar-refractivity contribution in [1.29, 1.82) is 0 Å². The quantitative estimate of drug-likeness (QED) is 0.159. The van der Waals surface area contributed by atoms with E-state index in [0.29, 0.717) is 22.4 Å². The lowest BCUT2D eigenvalue weighted by atomic mass is 10.0. The van der Waals surface area contributed by atoms with Gasteiger partial charge >= 0.3 is 5.97 Å². The van der Waals surface area contributed by atoms with Gasteiger partial charge in [-0.25, -0.2) is 4.79 Å². The smallest absolute Gasteiger partial charge is 0.336 e. The van der Waals surface area contributed by atoms with Crippen LogP contribution < -0.4 is 4.74 Å². The number of nitrogens with zero attached hydrogens (tertiary/aromatic N) is 1. The molecule has 0 saturated heterocycles. The Labute approximate surface area is 160 Å². The SMILES string of the molecule is O=C(/C=C/c1cccc([N+](=O)[O-])c1)Oc1ccc(C(=O)c2ccccc2)cc1. The first-order chi connectivity index (χ1) is 13.5. The van der Waals surface area contributed by atoms with Gasteiger partial charge < -0.3 is 4.74 Å². The third-order valence-corrected chi connectivity index (χ3v) is 3.86. The van der Waals surface area contributed by atoms with E-state index in [2.05, 4.69) is 0 Å². The Hall–Kier alpha value is -4.06. The molecule has 0 fully saturated rings. The average molecular weight is 373 g/mol. The number of hydrogen-bond acceptors (Lipinski definition) is 5. The minimum atomic E-state index is -0.631. The lowest BCUT2D eigenvalue weighted by Crippen LogP contribution is -2.05. The molecule has 3 aromatic rings. The molecule has 138 valence electrons. The lowest BCUT2D eigenvalue weighted by Gasteiger charge is -2.04. The number of hydrogen-bond donors (Lipinski definition) is 0. The highest BCUT2D eigenvalue weighted by Crippen LogP contribution is 2.17. The van der Waals surface area contributed by atoms with Gasteiger partial charge in [0.15, 0.2) is 5.78 Å². The molecule has 0 aliphatic carbocycles. The summed E-state index contributed by atoms with van der Waals surface area (Å²) in [7, 11) is 0. The van der Waals surface area contributed by atoms with Crippen LogP contribution in [0, 0.1) is 10.1 Å². The predicted octanol–water partition coefficient (Wildman–Crippen LogP) is 4.44. The second-order valence-electron chi connectivity index (χ2n) is 5.83. The summed E-state index contributed by atoms with van der Waals surface area (Å²) in [6, 6.07) is 21.0. The Bertz CT molecular complexity index is 1040. The van der Waals surface area contributed by atoms with Gasteiger partial charge in [0.2, 0.25) is 0 Å². The number of esters is 1. The van der Waals surface area contributed by atoms with E-state index in [4.69, 9.17) is 4.74 Å². The summed E-state index contributed by atoms with van der Waals surface area (Å²) in [5, 5.41) is 10.8. The molecule has 0 bridgehead atoms. The highest BCUT2D eigenvalue weighted by atomic mass is 16.6. The van der Waals surface area contributed by atoms with Crippen molar-refractivity contribution in [2.45, 2.75) is 0 Å². The number of rotatable bonds is 6. The summed E-state index contributed by atoms with van der Waals surface area (Å²) >= 11 is 0. The molecule has 0 aliphatic rings. The van der Waals surface area contributed by atoms with Crippen LogP contribution in [0.15, 0.2) is 84.9 Å². The zero-order chi connectivity index (χ0) is 19.9. The van der Waals surface area contributed by atoms with E-state index in [1.54, 1.807) is 42.5 Å². The molecular weight excluding hydrogens is 358 g/mol. The Morgan fingerprint density at radius 3 is 2.21 bits per heavy atom. The van der Waals surface area contributed by atoms with Crippen LogP contribution in [0.5, 0.6) is 5.75 Å². The molecule has 6 nitrogen and oxygen atoms in total. The number of carbonyl (C=O) groups is 2. The Kier molecular flexibility index (Phi) is 5.72. The fraction of sp³-hybridized carbons (Fsp3) is 0. The van der Waals surface area contributed by atoms with E-state index in [-0.39, 0.29) is 11.5 Å². The van der Waals surface area contributed by atoms with Crippen LogP contribution in [-0.2, 0) is 4.79 Å². The van der Waals surface area contributed by atoms with Crippen molar-refractivity contribution in [2.75, 3.05) is 0 Å². The molecule has 0 saturated carbocycles. The van der Waals surface area contributed by atoms with Gasteiger partial charge in [-0.3, -0.25) is 14.9 Å². The van der Waals surface area contributed by atoms with Crippen LogP contribution in [0.1, 0.15) is 21.5 Å². The van der Waals surface area contributed by atoms with Crippen LogP contribution in [0.4, 0.5) is 5.69 Å². The molecule has 0 amide bonds. The minimum absolute atomic E-state index is 0.0609. The first-order valence-corrected chi connectivity index (χ1v) is 8.37. The van der Waals surface area contributed by atoms with Crippen LogP contribution in [0.25, 0.3) is 6.08 Å². The zero-order valence-electron chi connectivity index (χ0n) is 14.6. The summed E-state index contributed by atoms with van der Waals surface area (Å²) in [6.45, 7) is 0. The van der Waals surface area contributed by atoms with Crippen molar-refractivity contribution in [3.05, 3.63) is 112 Å². The molecule has 0 heterocycles. The molecule has 0 atom stereocenters. The third kappa shape index (κ3) is 4.76. The summed E-state index contributed by atoms with van der Waals surface area (Å²) in [6.07, 6.45) is 2.62. The third-order valence-electron chi connectivity index (χ3n) is 3.86. The van der Waals surface area contributed by atoms with E-state index in [0.717, 1.165) is 0 Å². The highest BCUT2D eigenvalue weighted by molar-refractivity contribution is 6.09. The maximum Gasteiger partial charge on any atom is 0.336 e. The van der Waals surface area contributed by atoms with E-state index in [1.165, 1.54) is 42.5 Å². The highest BCUT2D eigenvalue weighted by Gasteiger charge is 2.09. The van der Waals surface area contributed by atoms with Gasteiger partial charge in [0.25, 0.3) is 5.69 Å². The molecule has 0 aromatic heterocycles. The van der Waals surface area contributed by atoms with Gasteiger partial charge in [0.05, 0.1) is 4.92 Å². The number of nitro groups is 1. The molecule has 0 spiro atoms. The van der Waals surface area contributed by atoms with Crippen LogP contribution in [-0.4, -0.2) is 16.7 Å². The number of carbonyl (C=O) groups excluding carboxylic acids is 2. The number of ether oxygens (including phenoxy) is 1. The second-order valence-corrected chi connectivity index (χ2v) is 5.83. The normalized spacial score (nSPS) is 10.6. The first kappa shape index (κ1) is 18.7. The monoisotopic (exact) mass is 373 g/mol. The number of benzene rings is 3. The predicted molar refractivity (Wildman–Crippen MR) is 104 cm³/mol. The summed E-state index contributed by atoms with van der Waals surface area (Å²) in [5.74, 6) is -0.462. The molecule has 0 aliphatic heterocycles. The molecule has 6 heteroatoms.